The van der Waals surface area contributed by atoms with Crippen molar-refractivity contribution < 1.29 is 4.79 Å². The van der Waals surface area contributed by atoms with Gasteiger partial charge in [0.1, 0.15) is 11.6 Å². The van der Waals surface area contributed by atoms with Crippen molar-refractivity contribution in [2.75, 3.05) is 16.8 Å². The van der Waals surface area contributed by atoms with Crippen LogP contribution in [0.25, 0.3) is 5.65 Å². The minimum Gasteiger partial charge on any atom is -0.354 e. The average molecular weight is 377 g/mol. The summed E-state index contributed by atoms with van der Waals surface area (Å²) in [5.74, 6) is 1.36. The molecule has 1 amide bonds. The van der Waals surface area contributed by atoms with E-state index in [4.69, 9.17) is 0 Å². The summed E-state index contributed by atoms with van der Waals surface area (Å²) in [6.45, 7) is 9.69. The molecule has 3 aromatic rings. The number of nitrogens with one attached hydrogen (secondary N) is 1. The molecule has 3 heterocycles. The maximum absolute atomic E-state index is 12.8. The Labute approximate surface area is 165 Å². The number of benzene rings is 1. The summed E-state index contributed by atoms with van der Waals surface area (Å²) in [6.07, 6.45) is 4.06. The van der Waals surface area contributed by atoms with Crippen LogP contribution < -0.4 is 10.2 Å². The molecule has 146 valence electrons. The third-order valence-electron chi connectivity index (χ3n) is 5.44. The molecule has 0 saturated carbocycles. The summed E-state index contributed by atoms with van der Waals surface area (Å²) in [6, 6.07) is 12.0. The second-order valence-corrected chi connectivity index (χ2v) is 8.57. The lowest BCUT2D eigenvalue weighted by Crippen LogP contribution is -2.29. The smallest absolute Gasteiger partial charge is 0.256 e. The van der Waals surface area contributed by atoms with Crippen LogP contribution in [0.5, 0.6) is 0 Å². The number of carbonyl (C=O) groups is 1. The minimum absolute atomic E-state index is 0.0604. The zero-order valence-corrected chi connectivity index (χ0v) is 16.9. The van der Waals surface area contributed by atoms with Crippen molar-refractivity contribution in [3.05, 3.63) is 53.7 Å². The Balaban J connectivity index is 1.62. The minimum atomic E-state index is -0.155. The monoisotopic (exact) mass is 377 g/mol. The fourth-order valence-electron chi connectivity index (χ4n) is 3.75. The number of aromatic nitrogens is 3. The van der Waals surface area contributed by atoms with Gasteiger partial charge in [0.2, 0.25) is 0 Å². The van der Waals surface area contributed by atoms with Crippen molar-refractivity contribution in [2.24, 2.45) is 0 Å². The number of hydrogen-bond acceptors (Lipinski definition) is 4. The van der Waals surface area contributed by atoms with E-state index in [1.165, 1.54) is 5.56 Å². The first-order valence-corrected chi connectivity index (χ1v) is 9.86. The van der Waals surface area contributed by atoms with E-state index in [0.717, 1.165) is 30.9 Å². The highest BCUT2D eigenvalue weighted by Gasteiger charge is 2.24. The molecule has 1 aliphatic heterocycles. The zero-order chi connectivity index (χ0) is 19.9. The van der Waals surface area contributed by atoms with E-state index >= 15 is 0 Å². The Hall–Kier alpha value is -2.89. The quantitative estimate of drug-likeness (QED) is 0.740. The average Bonchev–Trinajstić information content (AvgIpc) is 3.29. The van der Waals surface area contributed by atoms with E-state index in [-0.39, 0.29) is 11.3 Å². The molecule has 1 unspecified atom stereocenters. The normalized spacial score (nSPS) is 17.3. The molecule has 0 spiro atoms. The van der Waals surface area contributed by atoms with Crippen LogP contribution in [0.2, 0.25) is 0 Å². The van der Waals surface area contributed by atoms with Crippen LogP contribution in [0.1, 0.15) is 56.5 Å². The molecule has 1 atom stereocenters. The van der Waals surface area contributed by atoms with Crippen LogP contribution in [-0.2, 0) is 5.41 Å². The van der Waals surface area contributed by atoms with Crippen LogP contribution in [0.15, 0.2) is 42.6 Å². The molecule has 0 bridgehead atoms. The lowest BCUT2D eigenvalue weighted by molar-refractivity contribution is 0.102. The van der Waals surface area contributed by atoms with Gasteiger partial charge in [0, 0.05) is 30.3 Å². The molecule has 1 fully saturated rings. The van der Waals surface area contributed by atoms with Crippen molar-refractivity contribution in [3.8, 4) is 0 Å². The van der Waals surface area contributed by atoms with Crippen molar-refractivity contribution >= 4 is 23.2 Å². The Bertz CT molecular complexity index is 1000. The predicted octanol–water partition coefficient (Wildman–Crippen LogP) is 4.27. The fourth-order valence-corrected chi connectivity index (χ4v) is 3.75. The molecule has 6 nitrogen and oxygen atoms in total. The highest BCUT2D eigenvalue weighted by atomic mass is 16.1. The van der Waals surface area contributed by atoms with Crippen molar-refractivity contribution in [3.63, 3.8) is 0 Å². The van der Waals surface area contributed by atoms with Crippen LogP contribution in [0.3, 0.4) is 0 Å². The molecule has 28 heavy (non-hydrogen) atoms. The van der Waals surface area contributed by atoms with E-state index in [0.29, 0.717) is 17.4 Å². The number of carbonyl (C=O) groups excluding carboxylic acids is 1. The van der Waals surface area contributed by atoms with Gasteiger partial charge >= 0.3 is 0 Å². The molecule has 4 rings (SSSR count). The Morgan fingerprint density at radius 3 is 2.57 bits per heavy atom. The molecule has 2 aromatic heterocycles. The molecule has 1 N–H and O–H groups in total. The number of fused-ring (bicyclic) bond motifs is 1. The summed E-state index contributed by atoms with van der Waals surface area (Å²) in [4.78, 5) is 19.6. The molecule has 0 aliphatic carbocycles. The lowest BCUT2D eigenvalue weighted by Gasteiger charge is -2.24. The van der Waals surface area contributed by atoms with E-state index in [1.54, 1.807) is 6.20 Å². The lowest BCUT2D eigenvalue weighted by atomic mass is 9.87. The maximum Gasteiger partial charge on any atom is 0.256 e. The van der Waals surface area contributed by atoms with Gasteiger partial charge in [-0.2, -0.15) is 9.61 Å². The first kappa shape index (κ1) is 18.5. The van der Waals surface area contributed by atoms with Gasteiger partial charge in [-0.05, 0) is 42.9 Å². The predicted molar refractivity (Wildman–Crippen MR) is 112 cm³/mol. The number of amides is 1. The van der Waals surface area contributed by atoms with Gasteiger partial charge in [-0.3, -0.25) is 4.79 Å². The van der Waals surface area contributed by atoms with Gasteiger partial charge in [0.25, 0.3) is 5.91 Å². The van der Waals surface area contributed by atoms with Crippen LogP contribution >= 0.6 is 0 Å². The Morgan fingerprint density at radius 2 is 1.93 bits per heavy atom. The summed E-state index contributed by atoms with van der Waals surface area (Å²) in [7, 11) is 0. The molecule has 1 aromatic carbocycles. The standard InChI is InChI=1S/C22H27N5O/c1-15-6-5-13-26(15)20-14-18(24-19-11-12-23-27(19)20)25-21(28)16-7-9-17(10-8-16)22(2,3)4/h7-12,14-15H,5-6,13H2,1-4H3,(H,24,25,28). The van der Waals surface area contributed by atoms with Crippen molar-refractivity contribution in [1.29, 1.82) is 0 Å². The molecule has 1 aliphatic rings. The van der Waals surface area contributed by atoms with E-state index in [2.05, 4.69) is 48.0 Å². The van der Waals surface area contributed by atoms with Crippen molar-refractivity contribution in [2.45, 2.75) is 52.0 Å². The third kappa shape index (κ3) is 3.46. The van der Waals surface area contributed by atoms with Crippen LogP contribution in [0.4, 0.5) is 11.6 Å². The number of hydrogen-bond donors (Lipinski definition) is 1. The molecular formula is C22H27N5O. The first-order chi connectivity index (χ1) is 13.3. The summed E-state index contributed by atoms with van der Waals surface area (Å²) in [5.41, 5.74) is 2.62. The van der Waals surface area contributed by atoms with Gasteiger partial charge in [0.15, 0.2) is 5.65 Å². The summed E-state index contributed by atoms with van der Waals surface area (Å²) >= 11 is 0. The van der Waals surface area contributed by atoms with E-state index < -0.39 is 0 Å². The van der Waals surface area contributed by atoms with Gasteiger partial charge in [-0.25, -0.2) is 4.98 Å². The second kappa shape index (κ2) is 6.93. The largest absolute Gasteiger partial charge is 0.354 e. The van der Waals surface area contributed by atoms with Gasteiger partial charge in [-0.15, -0.1) is 0 Å². The molecule has 0 radical (unpaired) electrons. The van der Waals surface area contributed by atoms with Gasteiger partial charge in [0.05, 0.1) is 6.20 Å². The number of rotatable bonds is 3. The van der Waals surface area contributed by atoms with E-state index in [9.17, 15) is 4.79 Å². The molecule has 1 saturated heterocycles. The second-order valence-electron chi connectivity index (χ2n) is 8.57. The Kier molecular flexibility index (Phi) is 4.57. The SMILES string of the molecule is CC1CCCN1c1cc(NC(=O)c2ccc(C(C)(C)C)cc2)nc2ccnn12. The number of anilines is 2. The van der Waals surface area contributed by atoms with Gasteiger partial charge in [-0.1, -0.05) is 32.9 Å². The number of nitrogens with zero attached hydrogens (tertiary/aromatic N) is 4. The highest BCUT2D eigenvalue weighted by Crippen LogP contribution is 2.28. The summed E-state index contributed by atoms with van der Waals surface area (Å²) in [5, 5.41) is 7.37. The summed E-state index contributed by atoms with van der Waals surface area (Å²) < 4.78 is 1.84. The zero-order valence-electron chi connectivity index (χ0n) is 16.9. The van der Waals surface area contributed by atoms with E-state index in [1.807, 2.05) is 40.9 Å². The third-order valence-corrected chi connectivity index (χ3v) is 5.44. The van der Waals surface area contributed by atoms with Gasteiger partial charge < -0.3 is 10.2 Å². The fraction of sp³-hybridized carbons (Fsp3) is 0.409. The Morgan fingerprint density at radius 1 is 1.18 bits per heavy atom. The van der Waals surface area contributed by atoms with Crippen LogP contribution in [-0.4, -0.2) is 33.1 Å². The highest BCUT2D eigenvalue weighted by molar-refractivity contribution is 6.04. The maximum atomic E-state index is 12.8. The first-order valence-electron chi connectivity index (χ1n) is 9.86. The van der Waals surface area contributed by atoms with Crippen LogP contribution in [0, 0.1) is 0 Å². The topological polar surface area (TPSA) is 62.5 Å². The van der Waals surface area contributed by atoms with Crippen molar-refractivity contribution in [1.82, 2.24) is 14.6 Å². The molecule has 6 heteroatoms. The molecular weight excluding hydrogens is 350 g/mol.